The predicted octanol–water partition coefficient (Wildman–Crippen LogP) is 0.971. The van der Waals surface area contributed by atoms with Gasteiger partial charge in [-0.1, -0.05) is 6.92 Å². The molecule has 0 aromatic heterocycles. The number of aliphatic hydroxyl groups is 4. The minimum atomic E-state index is -2.00. The van der Waals surface area contributed by atoms with E-state index in [0.29, 0.717) is 25.7 Å². The van der Waals surface area contributed by atoms with Crippen LogP contribution >= 0.6 is 0 Å². The van der Waals surface area contributed by atoms with Crippen molar-refractivity contribution in [2.45, 2.75) is 113 Å². The maximum absolute atomic E-state index is 13.1. The van der Waals surface area contributed by atoms with E-state index in [-0.39, 0.29) is 55.3 Å². The zero-order chi connectivity index (χ0) is 27.5. The first-order valence-electron chi connectivity index (χ1n) is 14.6. The Labute approximate surface area is 227 Å². The van der Waals surface area contributed by atoms with Crippen LogP contribution < -0.4 is 0 Å². The van der Waals surface area contributed by atoms with E-state index in [1.807, 2.05) is 13.8 Å². The van der Waals surface area contributed by atoms with Gasteiger partial charge >= 0.3 is 5.97 Å². The lowest BCUT2D eigenvalue weighted by atomic mass is 9.42. The van der Waals surface area contributed by atoms with Gasteiger partial charge in [0.1, 0.15) is 19.0 Å². The standard InChI is InChI=1S/C29H40O10/c1-14-7-22(32)29(35)25(37-14)38-20-9-16-3-4-18-17(27(16,13-30)11-21(20)39-29)5-6-26(2)24(15-8-23(33)36-12-15)19(31)10-28(18,26)34/h8,13-14,16-22,24-25,31-32,34-35H,3-7,9-12H2,1-2H3/t14-,16-,17+,18-,19-,20-,21-,22-,24+,25-,26-,27-,28+,29+/m1/s1. The van der Waals surface area contributed by atoms with Crippen molar-refractivity contribution in [3.8, 4) is 0 Å². The second kappa shape index (κ2) is 8.56. The van der Waals surface area contributed by atoms with Crippen LogP contribution in [0.5, 0.6) is 0 Å². The Morgan fingerprint density at radius 3 is 2.54 bits per heavy atom. The van der Waals surface area contributed by atoms with E-state index in [1.54, 1.807) is 0 Å². The van der Waals surface area contributed by atoms with Gasteiger partial charge in [0.25, 0.3) is 0 Å². The highest BCUT2D eigenvalue weighted by Crippen LogP contribution is 2.70. The molecule has 4 N–H and O–H groups in total. The molecule has 0 bridgehead atoms. The summed E-state index contributed by atoms with van der Waals surface area (Å²) >= 11 is 0. The second-order valence-electron chi connectivity index (χ2n) is 13.7. The van der Waals surface area contributed by atoms with Crippen molar-refractivity contribution in [1.82, 2.24) is 0 Å². The SMILES string of the molecule is C[C@@H]1C[C@@H](O)[C@]2(O)O[C@@H]3C[C@@]4(C=O)[C@H](CC[C@@H]5[C@@H]4CC[C@]4(C)[C@@H](C6=CC(=O)OC6)[C@H](O)C[C@]54O)C[C@H]3O[C@H]2O1. The highest BCUT2D eigenvalue weighted by atomic mass is 16.8. The topological polar surface area (TPSA) is 152 Å². The number of carbonyl (C=O) groups is 2. The summed E-state index contributed by atoms with van der Waals surface area (Å²) in [5, 5.41) is 45.6. The van der Waals surface area contributed by atoms with E-state index in [2.05, 4.69) is 0 Å². The molecule has 216 valence electrons. The molecule has 7 rings (SSSR count). The van der Waals surface area contributed by atoms with Crippen LogP contribution in [0.3, 0.4) is 0 Å². The molecule has 0 radical (unpaired) electrons. The number of esters is 1. The number of carbonyl (C=O) groups excluding carboxylic acids is 2. The van der Waals surface area contributed by atoms with E-state index in [1.165, 1.54) is 6.08 Å². The van der Waals surface area contributed by atoms with Gasteiger partial charge in [-0.05, 0) is 68.8 Å². The zero-order valence-electron chi connectivity index (χ0n) is 22.5. The molecule has 39 heavy (non-hydrogen) atoms. The van der Waals surface area contributed by atoms with Gasteiger partial charge < -0.3 is 44.2 Å². The zero-order valence-corrected chi connectivity index (χ0v) is 22.5. The lowest BCUT2D eigenvalue weighted by molar-refractivity contribution is -0.457. The van der Waals surface area contributed by atoms with Crippen LogP contribution in [0.4, 0.5) is 0 Å². The molecule has 0 aromatic rings. The maximum Gasteiger partial charge on any atom is 0.331 e. The van der Waals surface area contributed by atoms with Crippen LogP contribution in [0, 0.1) is 34.5 Å². The Balaban J connectivity index is 1.20. The van der Waals surface area contributed by atoms with Gasteiger partial charge in [-0.15, -0.1) is 0 Å². The summed E-state index contributed by atoms with van der Waals surface area (Å²) in [7, 11) is 0. The molecule has 3 heterocycles. The molecule has 7 aliphatic rings. The fourth-order valence-electron chi connectivity index (χ4n) is 10.3. The second-order valence-corrected chi connectivity index (χ2v) is 13.7. The molecule has 0 spiro atoms. The molecule has 10 nitrogen and oxygen atoms in total. The summed E-state index contributed by atoms with van der Waals surface area (Å²) in [4.78, 5) is 25.0. The fraction of sp³-hybridized carbons (Fsp3) is 0.862. The average Bonchev–Trinajstić information content (AvgIpc) is 3.38. The number of hydrogen-bond acceptors (Lipinski definition) is 10. The summed E-state index contributed by atoms with van der Waals surface area (Å²) in [5.74, 6) is -3.11. The average molecular weight is 549 g/mol. The first-order chi connectivity index (χ1) is 18.4. The molecule has 2 saturated heterocycles. The normalized spacial score (nSPS) is 58.2. The molecule has 4 aliphatic carbocycles. The Morgan fingerprint density at radius 1 is 1.03 bits per heavy atom. The smallest absolute Gasteiger partial charge is 0.331 e. The molecule has 0 amide bonds. The monoisotopic (exact) mass is 548 g/mol. The van der Waals surface area contributed by atoms with Crippen molar-refractivity contribution in [3.05, 3.63) is 11.6 Å². The van der Waals surface area contributed by atoms with Crippen LogP contribution in [0.1, 0.15) is 65.2 Å². The molecule has 0 unspecified atom stereocenters. The largest absolute Gasteiger partial charge is 0.458 e. The quantitative estimate of drug-likeness (QED) is 0.223. The van der Waals surface area contributed by atoms with Gasteiger partial charge in [-0.2, -0.15) is 0 Å². The number of ether oxygens (including phenoxy) is 4. The molecular weight excluding hydrogens is 508 g/mol. The van der Waals surface area contributed by atoms with Gasteiger partial charge in [0.05, 0.1) is 30.0 Å². The van der Waals surface area contributed by atoms with Gasteiger partial charge in [-0.3, -0.25) is 0 Å². The third kappa shape index (κ3) is 3.40. The Hall–Kier alpha value is -1.40. The minimum absolute atomic E-state index is 0.0249. The molecule has 3 aliphatic heterocycles. The van der Waals surface area contributed by atoms with Gasteiger partial charge in [0.2, 0.25) is 12.1 Å². The Kier molecular flexibility index (Phi) is 5.82. The summed E-state index contributed by atoms with van der Waals surface area (Å²) in [6, 6.07) is 0. The van der Waals surface area contributed by atoms with Crippen molar-refractivity contribution in [1.29, 1.82) is 0 Å². The predicted molar refractivity (Wildman–Crippen MR) is 133 cm³/mol. The van der Waals surface area contributed by atoms with Crippen LogP contribution in [-0.2, 0) is 28.5 Å². The van der Waals surface area contributed by atoms with Gasteiger partial charge in [0, 0.05) is 35.7 Å². The van der Waals surface area contributed by atoms with Crippen molar-refractivity contribution < 1.29 is 49.0 Å². The van der Waals surface area contributed by atoms with E-state index >= 15 is 0 Å². The van der Waals surface area contributed by atoms with Crippen molar-refractivity contribution in [2.75, 3.05) is 6.61 Å². The molecule has 14 atom stereocenters. The Morgan fingerprint density at radius 2 is 1.82 bits per heavy atom. The number of rotatable bonds is 2. The Bertz CT molecular complexity index is 1090. The lowest BCUT2D eigenvalue weighted by Crippen LogP contribution is -2.71. The van der Waals surface area contributed by atoms with E-state index in [0.717, 1.165) is 24.7 Å². The maximum atomic E-state index is 13.1. The van der Waals surface area contributed by atoms with Crippen LogP contribution in [0.2, 0.25) is 0 Å². The summed E-state index contributed by atoms with van der Waals surface area (Å²) < 4.78 is 23.4. The third-order valence-electron chi connectivity index (χ3n) is 12.1. The van der Waals surface area contributed by atoms with E-state index in [4.69, 9.17) is 18.9 Å². The van der Waals surface area contributed by atoms with Crippen molar-refractivity contribution in [3.63, 3.8) is 0 Å². The molecule has 4 saturated carbocycles. The van der Waals surface area contributed by atoms with Crippen molar-refractivity contribution in [2.24, 2.45) is 34.5 Å². The first-order valence-corrected chi connectivity index (χ1v) is 14.6. The van der Waals surface area contributed by atoms with Gasteiger partial charge in [-0.25, -0.2) is 4.79 Å². The fourth-order valence-corrected chi connectivity index (χ4v) is 10.3. The summed E-state index contributed by atoms with van der Waals surface area (Å²) in [6.45, 7) is 3.97. The number of aliphatic hydroxyl groups excluding tert-OH is 2. The summed E-state index contributed by atoms with van der Waals surface area (Å²) in [6.07, 6.45) is 2.23. The lowest BCUT2D eigenvalue weighted by Gasteiger charge is -2.64. The summed E-state index contributed by atoms with van der Waals surface area (Å²) in [5.41, 5.74) is -1.91. The van der Waals surface area contributed by atoms with E-state index in [9.17, 15) is 30.0 Å². The molecule has 6 fully saturated rings. The number of hydrogen-bond donors (Lipinski definition) is 4. The minimum Gasteiger partial charge on any atom is -0.458 e. The number of cyclic esters (lactones) is 1. The molecule has 10 heteroatoms. The highest BCUT2D eigenvalue weighted by Gasteiger charge is 2.72. The first kappa shape index (κ1) is 26.5. The van der Waals surface area contributed by atoms with Gasteiger partial charge in [0.15, 0.2) is 0 Å². The number of aldehydes is 1. The van der Waals surface area contributed by atoms with Crippen LogP contribution in [0.25, 0.3) is 0 Å². The van der Waals surface area contributed by atoms with Crippen molar-refractivity contribution >= 4 is 12.3 Å². The van der Waals surface area contributed by atoms with E-state index < -0.39 is 52.8 Å². The third-order valence-corrected chi connectivity index (χ3v) is 12.1. The molecule has 0 aromatic carbocycles. The molecular formula is C29H40O10. The number of fused-ring (bicyclic) bond motifs is 7. The van der Waals surface area contributed by atoms with Crippen LogP contribution in [0.15, 0.2) is 11.6 Å². The highest BCUT2D eigenvalue weighted by molar-refractivity contribution is 5.85. The van der Waals surface area contributed by atoms with Crippen LogP contribution in [-0.4, -0.2) is 87.5 Å².